The number of nitro groups is 1. The van der Waals surface area contributed by atoms with Gasteiger partial charge in [0.05, 0.1) is 11.0 Å². The summed E-state index contributed by atoms with van der Waals surface area (Å²) in [5.74, 6) is 0.732. The first-order valence-electron chi connectivity index (χ1n) is 8.02. The molecule has 0 aromatic heterocycles. The van der Waals surface area contributed by atoms with Gasteiger partial charge in [-0.05, 0) is 48.1 Å². The fourth-order valence-corrected chi connectivity index (χ4v) is 4.26. The highest BCUT2D eigenvalue weighted by molar-refractivity contribution is 6.30. The molecule has 0 saturated carbocycles. The lowest BCUT2D eigenvalue weighted by Gasteiger charge is -2.38. The number of allylic oxidation sites excluding steroid dienone is 2. The number of nitro benzene ring substituents is 1. The zero-order valence-corrected chi connectivity index (χ0v) is 14.0. The summed E-state index contributed by atoms with van der Waals surface area (Å²) in [4.78, 5) is 10.5. The quantitative estimate of drug-likeness (QED) is 0.453. The summed E-state index contributed by atoms with van der Waals surface area (Å²) in [5, 5.41) is 15.3. The maximum absolute atomic E-state index is 10.9. The highest BCUT2D eigenvalue weighted by atomic mass is 35.5. The van der Waals surface area contributed by atoms with Crippen LogP contribution < -0.4 is 5.32 Å². The Morgan fingerprint density at radius 3 is 2.71 bits per heavy atom. The van der Waals surface area contributed by atoms with E-state index >= 15 is 0 Å². The first-order chi connectivity index (χ1) is 11.5. The van der Waals surface area contributed by atoms with E-state index < -0.39 is 0 Å². The lowest BCUT2D eigenvalue weighted by atomic mass is 9.76. The molecule has 1 aliphatic carbocycles. The van der Waals surface area contributed by atoms with Crippen LogP contribution >= 0.6 is 11.6 Å². The van der Waals surface area contributed by atoms with Gasteiger partial charge in [0.2, 0.25) is 0 Å². The van der Waals surface area contributed by atoms with E-state index in [4.69, 9.17) is 11.6 Å². The Morgan fingerprint density at radius 1 is 1.25 bits per heavy atom. The van der Waals surface area contributed by atoms with E-state index in [1.54, 1.807) is 12.1 Å². The zero-order valence-electron chi connectivity index (χ0n) is 13.2. The predicted molar refractivity (Wildman–Crippen MR) is 95.6 cm³/mol. The van der Waals surface area contributed by atoms with Crippen molar-refractivity contribution < 1.29 is 4.92 Å². The number of halogens is 1. The highest BCUT2D eigenvalue weighted by Gasteiger charge is 2.38. The summed E-state index contributed by atoms with van der Waals surface area (Å²) in [6.07, 6.45) is 5.48. The van der Waals surface area contributed by atoms with E-state index in [1.165, 1.54) is 5.56 Å². The fourth-order valence-electron chi connectivity index (χ4n) is 3.97. The molecule has 122 valence electrons. The number of benzene rings is 2. The maximum atomic E-state index is 10.9. The van der Waals surface area contributed by atoms with Gasteiger partial charge in [-0.25, -0.2) is 0 Å². The normalized spacial score (nSPS) is 24.2. The lowest BCUT2D eigenvalue weighted by Crippen LogP contribution is -2.29. The van der Waals surface area contributed by atoms with Crippen molar-refractivity contribution in [1.82, 2.24) is 0 Å². The molecule has 2 aliphatic rings. The highest BCUT2D eigenvalue weighted by Crippen LogP contribution is 2.51. The molecule has 0 radical (unpaired) electrons. The van der Waals surface area contributed by atoms with Crippen molar-refractivity contribution in [3.8, 4) is 0 Å². The van der Waals surface area contributed by atoms with Gasteiger partial charge in [-0.3, -0.25) is 10.1 Å². The summed E-state index contributed by atoms with van der Waals surface area (Å²) in [6, 6.07) is 11.0. The largest absolute Gasteiger partial charge is 0.377 e. The van der Waals surface area contributed by atoms with Gasteiger partial charge >= 0.3 is 0 Å². The van der Waals surface area contributed by atoms with Crippen LogP contribution in [0.1, 0.15) is 35.1 Å². The van der Waals surface area contributed by atoms with Crippen molar-refractivity contribution >= 4 is 23.0 Å². The van der Waals surface area contributed by atoms with Crippen LogP contribution in [0.25, 0.3) is 0 Å². The first kappa shape index (κ1) is 15.2. The minimum atomic E-state index is -0.362. The Labute approximate surface area is 145 Å². The van der Waals surface area contributed by atoms with Gasteiger partial charge in [0, 0.05) is 28.8 Å². The van der Waals surface area contributed by atoms with E-state index in [0.717, 1.165) is 28.3 Å². The van der Waals surface area contributed by atoms with Gasteiger partial charge in [-0.2, -0.15) is 0 Å². The van der Waals surface area contributed by atoms with E-state index in [1.807, 2.05) is 18.2 Å². The number of hydrogen-bond donors (Lipinski definition) is 1. The van der Waals surface area contributed by atoms with Crippen LogP contribution in [0.2, 0.25) is 5.02 Å². The number of hydrogen-bond acceptors (Lipinski definition) is 3. The Hall–Kier alpha value is -2.33. The van der Waals surface area contributed by atoms with Gasteiger partial charge in [0.25, 0.3) is 5.69 Å². The average Bonchev–Trinajstić information content (AvgIpc) is 3.04. The van der Waals surface area contributed by atoms with E-state index in [9.17, 15) is 10.1 Å². The van der Waals surface area contributed by atoms with E-state index in [-0.39, 0.29) is 16.7 Å². The standard InChI is InChI=1S/C19H17ClN2O2/c1-11-9-13(20)10-17-15-3-2-4-16(15)19(21-18(11)17)12-5-7-14(8-6-12)22(23)24/h2-3,5-10,15-16,19,21H,4H2,1H3/t15-,16-,19-/m1/s1. The second kappa shape index (κ2) is 5.64. The second-order valence-electron chi connectivity index (χ2n) is 6.51. The summed E-state index contributed by atoms with van der Waals surface area (Å²) in [5.41, 5.74) is 4.72. The van der Waals surface area contributed by atoms with Crippen molar-refractivity contribution in [2.24, 2.45) is 5.92 Å². The number of nitrogens with one attached hydrogen (secondary N) is 1. The molecular formula is C19H17ClN2O2. The molecule has 0 bridgehead atoms. The predicted octanol–water partition coefficient (Wildman–Crippen LogP) is 5.38. The minimum absolute atomic E-state index is 0.124. The third-order valence-electron chi connectivity index (χ3n) is 5.09. The molecule has 24 heavy (non-hydrogen) atoms. The van der Waals surface area contributed by atoms with Gasteiger partial charge in [-0.1, -0.05) is 35.9 Å². The van der Waals surface area contributed by atoms with Crippen LogP contribution in [0, 0.1) is 23.0 Å². The molecule has 0 unspecified atom stereocenters. The van der Waals surface area contributed by atoms with Crippen molar-refractivity contribution in [3.05, 3.63) is 80.4 Å². The number of aryl methyl sites for hydroxylation is 1. The molecule has 0 fully saturated rings. The van der Waals surface area contributed by atoms with E-state index in [0.29, 0.717) is 11.8 Å². The molecule has 0 saturated heterocycles. The summed E-state index contributed by atoms with van der Waals surface area (Å²) in [7, 11) is 0. The van der Waals surface area contributed by atoms with Crippen LogP contribution in [0.5, 0.6) is 0 Å². The van der Waals surface area contributed by atoms with Gasteiger partial charge in [-0.15, -0.1) is 0 Å². The molecule has 0 amide bonds. The topological polar surface area (TPSA) is 55.2 Å². The number of fused-ring (bicyclic) bond motifs is 3. The van der Waals surface area contributed by atoms with Crippen LogP contribution in [-0.2, 0) is 0 Å². The Kier molecular flexibility index (Phi) is 3.57. The van der Waals surface area contributed by atoms with E-state index in [2.05, 4.69) is 30.5 Å². The molecular weight excluding hydrogens is 324 g/mol. The van der Waals surface area contributed by atoms with Crippen molar-refractivity contribution in [2.45, 2.75) is 25.3 Å². The van der Waals surface area contributed by atoms with Gasteiger partial charge < -0.3 is 5.32 Å². The first-order valence-corrected chi connectivity index (χ1v) is 8.40. The smallest absolute Gasteiger partial charge is 0.269 e. The van der Waals surface area contributed by atoms with Crippen molar-refractivity contribution in [1.29, 1.82) is 0 Å². The average molecular weight is 341 g/mol. The van der Waals surface area contributed by atoms with Crippen LogP contribution in [-0.4, -0.2) is 4.92 Å². The summed E-state index contributed by atoms with van der Waals surface area (Å²) < 4.78 is 0. The number of nitrogens with zero attached hydrogens (tertiary/aromatic N) is 1. The van der Waals surface area contributed by atoms with Crippen LogP contribution in [0.15, 0.2) is 48.6 Å². The molecule has 2 aromatic rings. The molecule has 1 N–H and O–H groups in total. The lowest BCUT2D eigenvalue weighted by molar-refractivity contribution is -0.384. The SMILES string of the molecule is Cc1cc(Cl)cc2c1N[C@H](c1ccc([N+](=O)[O-])cc1)[C@@H]1CC=C[C@@H]21. The van der Waals surface area contributed by atoms with Crippen molar-refractivity contribution in [3.63, 3.8) is 0 Å². The van der Waals surface area contributed by atoms with Gasteiger partial charge in [0.15, 0.2) is 0 Å². The number of rotatable bonds is 2. The summed E-state index contributed by atoms with van der Waals surface area (Å²) in [6.45, 7) is 2.06. The molecule has 2 aromatic carbocycles. The number of anilines is 1. The second-order valence-corrected chi connectivity index (χ2v) is 6.95. The maximum Gasteiger partial charge on any atom is 0.269 e. The monoisotopic (exact) mass is 340 g/mol. The third kappa shape index (κ3) is 2.38. The third-order valence-corrected chi connectivity index (χ3v) is 5.31. The molecule has 5 heteroatoms. The molecule has 1 aliphatic heterocycles. The fraction of sp³-hybridized carbons (Fsp3) is 0.263. The molecule has 4 nitrogen and oxygen atoms in total. The van der Waals surface area contributed by atoms with Crippen molar-refractivity contribution in [2.75, 3.05) is 5.32 Å². The van der Waals surface area contributed by atoms with Crippen LogP contribution in [0.4, 0.5) is 11.4 Å². The van der Waals surface area contributed by atoms with Gasteiger partial charge in [0.1, 0.15) is 0 Å². The number of non-ortho nitro benzene ring substituents is 1. The van der Waals surface area contributed by atoms with Crippen LogP contribution in [0.3, 0.4) is 0 Å². The summed E-state index contributed by atoms with van der Waals surface area (Å²) >= 11 is 6.26. The Morgan fingerprint density at radius 2 is 2.00 bits per heavy atom. The minimum Gasteiger partial charge on any atom is -0.377 e. The Bertz CT molecular complexity index is 845. The Balaban J connectivity index is 1.76. The molecule has 1 heterocycles. The molecule has 3 atom stereocenters. The molecule has 4 rings (SSSR count). The molecule has 0 spiro atoms. The zero-order chi connectivity index (χ0) is 16.8.